The number of nitrogens with two attached hydrogens (primary N) is 1. The molecule has 1 amide bonds. The summed E-state index contributed by atoms with van der Waals surface area (Å²) in [5.41, 5.74) is 5.10. The number of sulfone groups is 1. The lowest BCUT2D eigenvalue weighted by Gasteiger charge is -2.11. The number of rotatable bonds is 6. The third kappa shape index (κ3) is 5.70. The number of nitrogens with one attached hydrogen (secondary N) is 1. The average Bonchev–Trinajstić information content (AvgIpc) is 3.31. The van der Waals surface area contributed by atoms with E-state index < -0.39 is 39.1 Å². The lowest BCUT2D eigenvalue weighted by Crippen LogP contribution is -2.18. The molecule has 7 nitrogen and oxygen atoms in total. The van der Waals surface area contributed by atoms with Crippen molar-refractivity contribution in [3.8, 4) is 16.8 Å². The molecule has 0 unspecified atom stereocenters. The van der Waals surface area contributed by atoms with E-state index in [1.165, 1.54) is 42.5 Å². The third-order valence-electron chi connectivity index (χ3n) is 5.44. The smallest absolute Gasteiger partial charge is 0.326 e. The topological polar surface area (TPSA) is 107 Å². The Balaban J connectivity index is 1.68. The van der Waals surface area contributed by atoms with Crippen LogP contribution < -0.4 is 11.1 Å². The first kappa shape index (κ1) is 26.0. The van der Waals surface area contributed by atoms with Gasteiger partial charge in [0.2, 0.25) is 0 Å². The Morgan fingerprint density at radius 2 is 1.70 bits per heavy atom. The van der Waals surface area contributed by atoms with Gasteiger partial charge in [-0.2, -0.15) is 18.3 Å². The van der Waals surface area contributed by atoms with Gasteiger partial charge in [0.1, 0.15) is 11.5 Å². The summed E-state index contributed by atoms with van der Waals surface area (Å²) >= 11 is 0. The van der Waals surface area contributed by atoms with Crippen molar-refractivity contribution in [3.63, 3.8) is 0 Å². The summed E-state index contributed by atoms with van der Waals surface area (Å²) in [6, 6.07) is 16.4. The molecule has 0 aliphatic heterocycles. The van der Waals surface area contributed by atoms with E-state index in [1.54, 1.807) is 18.2 Å². The summed E-state index contributed by atoms with van der Waals surface area (Å²) in [7, 11) is -3.48. The fourth-order valence-corrected chi connectivity index (χ4v) is 4.25. The average molecular weight is 533 g/mol. The standard InChI is InChI=1S/C25H20F4N4O3S/c1-37(35,36)19-7-3-5-16(11-19)17-8-9-21(20(26)12-17)31-24(34)22-13-23(25(27,28)29)32-33(22)18-6-2-4-15(10-18)14-30/h2-13H,14,30H2,1H3,(H,31,34). The van der Waals surface area contributed by atoms with E-state index in [0.29, 0.717) is 22.8 Å². The van der Waals surface area contributed by atoms with E-state index >= 15 is 0 Å². The maximum atomic E-state index is 14.9. The lowest BCUT2D eigenvalue weighted by molar-refractivity contribution is -0.141. The molecule has 0 aliphatic carbocycles. The summed E-state index contributed by atoms with van der Waals surface area (Å²) in [6.07, 6.45) is -3.77. The monoisotopic (exact) mass is 532 g/mol. The Morgan fingerprint density at radius 3 is 2.35 bits per heavy atom. The first-order valence-electron chi connectivity index (χ1n) is 10.7. The van der Waals surface area contributed by atoms with Gasteiger partial charge in [0.05, 0.1) is 16.3 Å². The van der Waals surface area contributed by atoms with Crippen LogP contribution in [0, 0.1) is 5.82 Å². The van der Waals surface area contributed by atoms with Crippen molar-refractivity contribution in [3.05, 3.63) is 95.6 Å². The summed E-state index contributed by atoms with van der Waals surface area (Å²) in [5, 5.41) is 5.82. The predicted octanol–water partition coefficient (Wildman–Crippen LogP) is 4.81. The number of nitrogens with zero attached hydrogens (tertiary/aromatic N) is 2. The van der Waals surface area contributed by atoms with Gasteiger partial charge in [-0.05, 0) is 53.1 Å². The molecule has 37 heavy (non-hydrogen) atoms. The minimum absolute atomic E-state index is 0.0511. The molecular weight excluding hydrogens is 512 g/mol. The van der Waals surface area contributed by atoms with Gasteiger partial charge in [-0.25, -0.2) is 17.5 Å². The second-order valence-corrected chi connectivity index (χ2v) is 10.2. The van der Waals surface area contributed by atoms with Crippen molar-refractivity contribution in [1.29, 1.82) is 0 Å². The van der Waals surface area contributed by atoms with Gasteiger partial charge in [0.15, 0.2) is 15.5 Å². The maximum absolute atomic E-state index is 14.9. The number of benzene rings is 3. The van der Waals surface area contributed by atoms with E-state index in [4.69, 9.17) is 5.73 Å². The van der Waals surface area contributed by atoms with Crippen LogP contribution in [0.5, 0.6) is 0 Å². The van der Waals surface area contributed by atoms with Crippen LogP contribution in [0.4, 0.5) is 23.2 Å². The summed E-state index contributed by atoms with van der Waals surface area (Å²) in [6.45, 7) is 0.118. The number of halogens is 4. The van der Waals surface area contributed by atoms with Crippen LogP contribution in [0.15, 0.2) is 77.7 Å². The number of hydrogen-bond donors (Lipinski definition) is 2. The van der Waals surface area contributed by atoms with Gasteiger partial charge in [-0.1, -0.05) is 30.3 Å². The quantitative estimate of drug-likeness (QED) is 0.347. The van der Waals surface area contributed by atoms with Crippen LogP contribution in [0.2, 0.25) is 0 Å². The number of hydrogen-bond acceptors (Lipinski definition) is 5. The van der Waals surface area contributed by atoms with Crippen molar-refractivity contribution >= 4 is 21.4 Å². The largest absolute Gasteiger partial charge is 0.435 e. The van der Waals surface area contributed by atoms with Crippen LogP contribution in [0.1, 0.15) is 21.7 Å². The van der Waals surface area contributed by atoms with E-state index in [-0.39, 0.29) is 22.8 Å². The van der Waals surface area contributed by atoms with Gasteiger partial charge < -0.3 is 11.1 Å². The third-order valence-corrected chi connectivity index (χ3v) is 6.55. The zero-order chi connectivity index (χ0) is 27.0. The van der Waals surface area contributed by atoms with Gasteiger partial charge >= 0.3 is 6.18 Å². The molecular formula is C25H20F4N4O3S. The normalized spacial score (nSPS) is 11.9. The molecule has 0 atom stereocenters. The number of aromatic nitrogens is 2. The van der Waals surface area contributed by atoms with Crippen molar-refractivity contribution in [1.82, 2.24) is 9.78 Å². The highest BCUT2D eigenvalue weighted by molar-refractivity contribution is 7.90. The molecule has 12 heteroatoms. The van der Waals surface area contributed by atoms with E-state index in [1.807, 2.05) is 0 Å². The highest BCUT2D eigenvalue weighted by Gasteiger charge is 2.36. The van der Waals surface area contributed by atoms with Crippen molar-refractivity contribution in [2.45, 2.75) is 17.6 Å². The van der Waals surface area contributed by atoms with E-state index in [0.717, 1.165) is 17.0 Å². The fraction of sp³-hybridized carbons (Fsp3) is 0.120. The predicted molar refractivity (Wildman–Crippen MR) is 129 cm³/mol. The van der Waals surface area contributed by atoms with Gasteiger partial charge in [0, 0.05) is 18.9 Å². The number of carbonyl (C=O) groups is 1. The molecule has 0 radical (unpaired) electrons. The Kier molecular flexibility index (Phi) is 6.89. The van der Waals surface area contributed by atoms with Crippen LogP contribution in [-0.2, 0) is 22.6 Å². The van der Waals surface area contributed by atoms with Crippen LogP contribution in [-0.4, -0.2) is 30.4 Å². The molecule has 0 spiro atoms. The molecule has 1 aromatic heterocycles. The summed E-state index contributed by atoms with van der Waals surface area (Å²) in [4.78, 5) is 13.0. The second-order valence-electron chi connectivity index (χ2n) is 8.15. The van der Waals surface area contributed by atoms with Gasteiger partial charge in [-0.15, -0.1) is 0 Å². The van der Waals surface area contributed by atoms with Crippen molar-refractivity contribution in [2.24, 2.45) is 5.73 Å². The fourth-order valence-electron chi connectivity index (χ4n) is 3.58. The molecule has 4 aromatic rings. The maximum Gasteiger partial charge on any atom is 0.435 e. The van der Waals surface area contributed by atoms with Crippen molar-refractivity contribution < 1.29 is 30.8 Å². The molecule has 4 rings (SSSR count). The number of anilines is 1. The second kappa shape index (κ2) is 9.79. The van der Waals surface area contributed by atoms with Gasteiger partial charge in [-0.3, -0.25) is 4.79 Å². The number of amides is 1. The minimum atomic E-state index is -4.82. The molecule has 0 saturated carbocycles. The first-order chi connectivity index (χ1) is 17.4. The van der Waals surface area contributed by atoms with E-state index in [9.17, 15) is 30.8 Å². The van der Waals surface area contributed by atoms with Crippen molar-refractivity contribution in [2.75, 3.05) is 11.6 Å². The van der Waals surface area contributed by atoms with Crippen LogP contribution in [0.3, 0.4) is 0 Å². The highest BCUT2D eigenvalue weighted by Crippen LogP contribution is 2.31. The molecule has 192 valence electrons. The minimum Gasteiger partial charge on any atom is -0.326 e. The molecule has 3 N–H and O–H groups in total. The molecule has 0 saturated heterocycles. The zero-order valence-corrected chi connectivity index (χ0v) is 20.1. The lowest BCUT2D eigenvalue weighted by atomic mass is 10.1. The Bertz CT molecular complexity index is 1600. The Labute approximate surface area is 209 Å². The Hall–Kier alpha value is -4.03. The van der Waals surface area contributed by atoms with Crippen LogP contribution in [0.25, 0.3) is 16.8 Å². The van der Waals surface area contributed by atoms with E-state index in [2.05, 4.69) is 10.4 Å². The Morgan fingerprint density at radius 1 is 1.00 bits per heavy atom. The number of alkyl halides is 3. The first-order valence-corrected chi connectivity index (χ1v) is 12.6. The number of carbonyl (C=O) groups excluding carboxylic acids is 1. The highest BCUT2D eigenvalue weighted by atomic mass is 32.2. The summed E-state index contributed by atoms with van der Waals surface area (Å²) in [5.74, 6) is -1.89. The molecule has 1 heterocycles. The zero-order valence-electron chi connectivity index (χ0n) is 19.3. The molecule has 0 fully saturated rings. The molecule has 3 aromatic carbocycles. The SMILES string of the molecule is CS(=O)(=O)c1cccc(-c2ccc(NC(=O)c3cc(C(F)(F)F)nn3-c3cccc(CN)c3)c(F)c2)c1. The molecule has 0 bridgehead atoms. The summed E-state index contributed by atoms with van der Waals surface area (Å²) < 4.78 is 79.5. The van der Waals surface area contributed by atoms with Gasteiger partial charge in [0.25, 0.3) is 5.91 Å². The van der Waals surface area contributed by atoms with Crippen LogP contribution >= 0.6 is 0 Å². The molecule has 0 aliphatic rings.